The molecule has 58 heavy (non-hydrogen) atoms. The Morgan fingerprint density at radius 2 is 1.16 bits per heavy atom. The summed E-state index contributed by atoms with van der Waals surface area (Å²) >= 11 is 0. The fraction of sp³-hybridized carbons (Fsp3) is 0.524. The molecule has 0 heterocycles. The second-order valence-electron chi connectivity index (χ2n) is 15.4. The highest BCUT2D eigenvalue weighted by molar-refractivity contribution is 5.97. The molecule has 16 heteroatoms. The maximum atomic E-state index is 14.0. The van der Waals surface area contributed by atoms with Crippen LogP contribution in [-0.2, 0) is 51.2 Å². The van der Waals surface area contributed by atoms with Crippen LogP contribution in [0.1, 0.15) is 95.6 Å². The zero-order valence-corrected chi connectivity index (χ0v) is 33.2. The minimum Gasteiger partial charge on any atom is -0.481 e. The molecule has 316 valence electrons. The molecule has 9 N–H and O–H groups in total. The average Bonchev–Trinajstić information content (AvgIpc) is 3.18. The van der Waals surface area contributed by atoms with Crippen LogP contribution in [0.25, 0.3) is 0 Å². The second kappa shape index (κ2) is 24.1. The first-order chi connectivity index (χ1) is 27.6. The summed E-state index contributed by atoms with van der Waals surface area (Å²) in [6.07, 6.45) is 3.73. The van der Waals surface area contributed by atoms with Gasteiger partial charge in [-0.3, -0.25) is 33.6 Å². The largest absolute Gasteiger partial charge is 0.481 e. The van der Waals surface area contributed by atoms with Gasteiger partial charge in [0.15, 0.2) is 0 Å². The van der Waals surface area contributed by atoms with Crippen LogP contribution >= 0.6 is 0 Å². The third-order valence-electron chi connectivity index (χ3n) is 9.99. The number of rotatable bonds is 24. The maximum Gasteiger partial charge on any atom is 0.326 e. The molecule has 3 rings (SSSR count). The molecule has 0 aromatic heterocycles. The van der Waals surface area contributed by atoms with Gasteiger partial charge >= 0.3 is 11.9 Å². The third kappa shape index (κ3) is 17.1. The van der Waals surface area contributed by atoms with Crippen LogP contribution in [0.2, 0.25) is 0 Å². The van der Waals surface area contributed by atoms with Gasteiger partial charge in [-0.1, -0.05) is 107 Å². The summed E-state index contributed by atoms with van der Waals surface area (Å²) < 4.78 is 0. The Hall–Kier alpha value is -5.80. The normalized spacial score (nSPS) is 15.4. The number of carboxylic acid groups (broad SMARTS) is 2. The van der Waals surface area contributed by atoms with Crippen LogP contribution in [0.3, 0.4) is 0 Å². The number of carbonyl (C=O) groups is 8. The molecule has 5 atom stereocenters. The summed E-state index contributed by atoms with van der Waals surface area (Å²) in [5, 5.41) is 32.4. The van der Waals surface area contributed by atoms with Crippen molar-refractivity contribution in [3.05, 3.63) is 71.8 Å². The number of hydrogen-bond donors (Lipinski definition) is 8. The van der Waals surface area contributed by atoms with Crippen molar-refractivity contribution >= 4 is 47.4 Å². The topological polar surface area (TPSA) is 263 Å². The summed E-state index contributed by atoms with van der Waals surface area (Å²) in [7, 11) is 0. The summed E-state index contributed by atoms with van der Waals surface area (Å²) in [5.74, 6) is -7.47. The molecule has 0 saturated heterocycles. The van der Waals surface area contributed by atoms with E-state index in [0.717, 1.165) is 37.7 Å². The fourth-order valence-corrected chi connectivity index (χ4v) is 6.94. The number of aryl methyl sites for hydroxylation is 1. The number of carboxylic acids is 2. The molecule has 1 aliphatic rings. The van der Waals surface area contributed by atoms with Crippen LogP contribution in [0.5, 0.6) is 0 Å². The Labute approximate surface area is 338 Å². The molecule has 0 aliphatic heterocycles. The maximum absolute atomic E-state index is 14.0. The molecule has 1 aliphatic carbocycles. The number of nitrogens with one attached hydrogen (secondary N) is 5. The Morgan fingerprint density at radius 1 is 0.638 bits per heavy atom. The minimum atomic E-state index is -1.69. The molecular formula is C42H58N6O10. The van der Waals surface area contributed by atoms with Gasteiger partial charge < -0.3 is 42.5 Å². The summed E-state index contributed by atoms with van der Waals surface area (Å²) in [4.78, 5) is 104. The highest BCUT2D eigenvalue weighted by atomic mass is 16.4. The lowest BCUT2D eigenvalue weighted by atomic mass is 9.84. The molecular weight excluding hydrogens is 748 g/mol. The van der Waals surface area contributed by atoms with Crippen molar-refractivity contribution in [1.82, 2.24) is 26.6 Å². The Morgan fingerprint density at radius 3 is 1.72 bits per heavy atom. The SMILES string of the molecule is CC(C)C[C@H](NC(=O)C(CC(=O)O)NC(=O)[C@H](CC1CCCCC1)NC(=O)[C@H](CCC(N)=O)NC(=O)CCc1ccccc1)C(=O)NC(Cc1ccccc1)C(=O)O. The third-order valence-corrected chi connectivity index (χ3v) is 9.99. The number of hydrogen-bond acceptors (Lipinski definition) is 8. The first-order valence-corrected chi connectivity index (χ1v) is 19.9. The van der Waals surface area contributed by atoms with Crippen molar-refractivity contribution in [3.63, 3.8) is 0 Å². The van der Waals surface area contributed by atoms with Crippen LogP contribution < -0.4 is 32.3 Å². The predicted molar refractivity (Wildman–Crippen MR) is 214 cm³/mol. The molecule has 0 spiro atoms. The van der Waals surface area contributed by atoms with Gasteiger partial charge in [-0.25, -0.2) is 4.79 Å². The quantitative estimate of drug-likeness (QED) is 0.0766. The van der Waals surface area contributed by atoms with Crippen LogP contribution in [0, 0.1) is 11.8 Å². The molecule has 2 aromatic carbocycles. The van der Waals surface area contributed by atoms with E-state index >= 15 is 0 Å². The van der Waals surface area contributed by atoms with E-state index in [1.54, 1.807) is 44.2 Å². The molecule has 1 fully saturated rings. The number of carbonyl (C=O) groups excluding carboxylic acids is 6. The summed E-state index contributed by atoms with van der Waals surface area (Å²) in [5.41, 5.74) is 6.93. The standard InChI is InChI=1S/C42H58N6O10/c1-26(2)22-31(39(54)48-34(42(57)58)24-29-16-10-5-11-17-29)45-41(56)33(25-37(51)52)47-40(55)32(23-28-14-8-4-9-15-28)46-38(53)30(19-20-35(43)49)44-36(50)21-18-27-12-6-3-7-13-27/h3,5-7,10-13,16-17,26,28,30-34H,4,8-9,14-15,18-25H2,1-2H3,(H2,43,49)(H,44,50)(H,45,56)(H,46,53)(H,47,55)(H,48,54)(H,51,52)(H,57,58)/t30-,31-,32-,33?,34?/m0/s1. The number of benzene rings is 2. The van der Waals surface area contributed by atoms with E-state index in [-0.39, 0.29) is 50.4 Å². The molecule has 6 amide bonds. The molecule has 2 unspecified atom stereocenters. The Kier molecular flexibility index (Phi) is 19.3. The first-order valence-electron chi connectivity index (χ1n) is 19.9. The second-order valence-corrected chi connectivity index (χ2v) is 15.4. The molecule has 0 radical (unpaired) electrons. The van der Waals surface area contributed by atoms with E-state index in [0.29, 0.717) is 12.0 Å². The summed E-state index contributed by atoms with van der Waals surface area (Å²) in [6, 6.07) is 11.1. The van der Waals surface area contributed by atoms with E-state index in [1.165, 1.54) is 0 Å². The van der Waals surface area contributed by atoms with E-state index in [2.05, 4.69) is 26.6 Å². The van der Waals surface area contributed by atoms with Crippen LogP contribution in [-0.4, -0.2) is 87.8 Å². The monoisotopic (exact) mass is 806 g/mol. The lowest BCUT2D eigenvalue weighted by molar-refractivity contribution is -0.143. The Balaban J connectivity index is 1.80. The van der Waals surface area contributed by atoms with Gasteiger partial charge in [0, 0.05) is 19.3 Å². The van der Waals surface area contributed by atoms with Gasteiger partial charge in [0.25, 0.3) is 0 Å². The van der Waals surface area contributed by atoms with Crippen molar-refractivity contribution in [1.29, 1.82) is 0 Å². The highest BCUT2D eigenvalue weighted by Gasteiger charge is 2.35. The lowest BCUT2D eigenvalue weighted by Crippen LogP contribution is -2.59. The van der Waals surface area contributed by atoms with Crippen molar-refractivity contribution < 1.29 is 48.6 Å². The van der Waals surface area contributed by atoms with Gasteiger partial charge in [-0.2, -0.15) is 0 Å². The minimum absolute atomic E-state index is 0.0123. The van der Waals surface area contributed by atoms with Gasteiger partial charge in [0.1, 0.15) is 30.2 Å². The van der Waals surface area contributed by atoms with Crippen molar-refractivity contribution in [3.8, 4) is 0 Å². The molecule has 0 bridgehead atoms. The number of primary amides is 1. The van der Waals surface area contributed by atoms with Crippen molar-refractivity contribution in [2.24, 2.45) is 17.6 Å². The predicted octanol–water partition coefficient (Wildman–Crippen LogP) is 2.13. The van der Waals surface area contributed by atoms with E-state index in [9.17, 15) is 48.6 Å². The number of aliphatic carboxylic acids is 2. The fourth-order valence-electron chi connectivity index (χ4n) is 6.94. The van der Waals surface area contributed by atoms with Crippen LogP contribution in [0.15, 0.2) is 60.7 Å². The highest BCUT2D eigenvalue weighted by Crippen LogP contribution is 2.27. The van der Waals surface area contributed by atoms with E-state index in [1.807, 2.05) is 30.3 Å². The number of amides is 6. The van der Waals surface area contributed by atoms with Gasteiger partial charge in [-0.05, 0) is 48.6 Å². The summed E-state index contributed by atoms with van der Waals surface area (Å²) in [6.45, 7) is 3.56. The molecule has 2 aromatic rings. The first kappa shape index (κ1) is 46.6. The zero-order valence-electron chi connectivity index (χ0n) is 33.2. The number of nitrogens with two attached hydrogens (primary N) is 1. The lowest BCUT2D eigenvalue weighted by Gasteiger charge is -2.29. The van der Waals surface area contributed by atoms with Gasteiger partial charge in [0.2, 0.25) is 35.4 Å². The van der Waals surface area contributed by atoms with Crippen LogP contribution in [0.4, 0.5) is 0 Å². The average molecular weight is 807 g/mol. The van der Waals surface area contributed by atoms with E-state index in [4.69, 9.17) is 5.73 Å². The van der Waals surface area contributed by atoms with Gasteiger partial charge in [0.05, 0.1) is 6.42 Å². The van der Waals surface area contributed by atoms with Gasteiger partial charge in [-0.15, -0.1) is 0 Å². The van der Waals surface area contributed by atoms with Crippen molar-refractivity contribution in [2.75, 3.05) is 0 Å². The van der Waals surface area contributed by atoms with E-state index < -0.39 is 84.0 Å². The van der Waals surface area contributed by atoms with Crippen molar-refractivity contribution in [2.45, 2.75) is 128 Å². The smallest absolute Gasteiger partial charge is 0.326 e. The molecule has 1 saturated carbocycles. The Bertz CT molecular complexity index is 1700. The zero-order chi connectivity index (χ0) is 42.6. The molecule has 16 nitrogen and oxygen atoms in total.